The zero-order valence-electron chi connectivity index (χ0n) is 11.2. The molecule has 1 unspecified atom stereocenters. The van der Waals surface area contributed by atoms with Gasteiger partial charge in [0.25, 0.3) is 0 Å². The molecule has 4 rings (SSSR count). The van der Waals surface area contributed by atoms with Crippen LogP contribution < -0.4 is 0 Å². The van der Waals surface area contributed by atoms with Crippen LogP contribution in [0.5, 0.6) is 0 Å². The highest BCUT2D eigenvalue weighted by Gasteiger charge is 2.30. The van der Waals surface area contributed by atoms with E-state index in [1.54, 1.807) is 0 Å². The summed E-state index contributed by atoms with van der Waals surface area (Å²) in [7, 11) is -2.88. The molecule has 0 spiro atoms. The Balaban J connectivity index is 1.68. The zero-order chi connectivity index (χ0) is 14.4. The molecule has 1 atom stereocenters. The molecule has 1 fully saturated rings. The Bertz CT molecular complexity index is 875. The Labute approximate surface area is 126 Å². The smallest absolute Gasteiger partial charge is 0.164 e. The van der Waals surface area contributed by atoms with E-state index in [0.717, 1.165) is 27.4 Å². The van der Waals surface area contributed by atoms with E-state index in [-0.39, 0.29) is 17.4 Å². The lowest BCUT2D eigenvalue weighted by atomic mass is 10.1. The molecule has 0 aliphatic carbocycles. The van der Waals surface area contributed by atoms with Crippen LogP contribution in [-0.2, 0) is 9.84 Å². The molecule has 0 saturated carbocycles. The molecule has 4 nitrogen and oxygen atoms in total. The van der Waals surface area contributed by atoms with E-state index >= 15 is 0 Å². The van der Waals surface area contributed by atoms with Crippen LogP contribution in [0.1, 0.15) is 18.0 Å². The molecule has 0 N–H and O–H groups in total. The van der Waals surface area contributed by atoms with Gasteiger partial charge in [0.2, 0.25) is 0 Å². The molecule has 3 heterocycles. The predicted molar refractivity (Wildman–Crippen MR) is 83.3 cm³/mol. The maximum atomic E-state index is 11.6. The van der Waals surface area contributed by atoms with Crippen LogP contribution in [0, 0.1) is 0 Å². The fourth-order valence-corrected chi connectivity index (χ4v) is 5.32. The van der Waals surface area contributed by atoms with Crippen molar-refractivity contribution in [3.63, 3.8) is 0 Å². The van der Waals surface area contributed by atoms with Gasteiger partial charge in [0.05, 0.1) is 17.2 Å². The van der Waals surface area contributed by atoms with Gasteiger partial charge >= 0.3 is 0 Å². The lowest BCUT2D eigenvalue weighted by Crippen LogP contribution is -2.03. The summed E-state index contributed by atoms with van der Waals surface area (Å²) in [6, 6.07) is 9.81. The zero-order valence-corrected chi connectivity index (χ0v) is 12.8. The van der Waals surface area contributed by atoms with Gasteiger partial charge in [0.1, 0.15) is 5.58 Å². The SMILES string of the molecule is O=S1(=O)CCC(c2csc(-c3cc4ccccc4o3)n2)C1. The third kappa shape index (κ3) is 2.38. The van der Waals surface area contributed by atoms with Gasteiger partial charge in [-0.1, -0.05) is 18.2 Å². The first-order valence-corrected chi connectivity index (χ1v) is 9.46. The monoisotopic (exact) mass is 319 g/mol. The van der Waals surface area contributed by atoms with Gasteiger partial charge in [0, 0.05) is 16.7 Å². The normalized spacial score (nSPS) is 21.0. The largest absolute Gasteiger partial charge is 0.454 e. The van der Waals surface area contributed by atoms with Crippen LogP contribution in [0.2, 0.25) is 0 Å². The molecule has 1 saturated heterocycles. The minimum atomic E-state index is -2.88. The van der Waals surface area contributed by atoms with E-state index in [0.29, 0.717) is 6.42 Å². The van der Waals surface area contributed by atoms with Crippen LogP contribution >= 0.6 is 11.3 Å². The van der Waals surface area contributed by atoms with Gasteiger partial charge in [-0.15, -0.1) is 11.3 Å². The van der Waals surface area contributed by atoms with Crippen LogP contribution in [0.3, 0.4) is 0 Å². The minimum Gasteiger partial charge on any atom is -0.454 e. The van der Waals surface area contributed by atoms with E-state index < -0.39 is 9.84 Å². The minimum absolute atomic E-state index is 0.0318. The van der Waals surface area contributed by atoms with Crippen LogP contribution in [0.4, 0.5) is 0 Å². The Morgan fingerprint density at radius 3 is 2.90 bits per heavy atom. The highest BCUT2D eigenvalue weighted by molar-refractivity contribution is 7.91. The molecule has 108 valence electrons. The maximum Gasteiger partial charge on any atom is 0.164 e. The summed E-state index contributed by atoms with van der Waals surface area (Å²) in [6.07, 6.45) is 0.672. The summed E-state index contributed by atoms with van der Waals surface area (Å²) in [6.45, 7) is 0. The summed E-state index contributed by atoms with van der Waals surface area (Å²) < 4.78 is 28.9. The van der Waals surface area contributed by atoms with Gasteiger partial charge in [-0.25, -0.2) is 13.4 Å². The van der Waals surface area contributed by atoms with Crippen molar-refractivity contribution in [1.29, 1.82) is 0 Å². The van der Waals surface area contributed by atoms with Gasteiger partial charge in [0.15, 0.2) is 20.6 Å². The summed E-state index contributed by atoms with van der Waals surface area (Å²) >= 11 is 1.51. The Kier molecular flexibility index (Phi) is 2.90. The lowest BCUT2D eigenvalue weighted by molar-refractivity contribution is 0.601. The van der Waals surface area contributed by atoms with Crippen molar-refractivity contribution in [2.24, 2.45) is 0 Å². The van der Waals surface area contributed by atoms with Gasteiger partial charge in [-0.3, -0.25) is 0 Å². The third-order valence-corrected chi connectivity index (χ3v) is 6.45. The van der Waals surface area contributed by atoms with Crippen molar-refractivity contribution in [1.82, 2.24) is 4.98 Å². The molecule has 1 aliphatic rings. The molecule has 21 heavy (non-hydrogen) atoms. The molecule has 0 radical (unpaired) electrons. The average molecular weight is 319 g/mol. The first-order valence-electron chi connectivity index (χ1n) is 6.75. The quantitative estimate of drug-likeness (QED) is 0.726. The van der Waals surface area contributed by atoms with Crippen molar-refractivity contribution < 1.29 is 12.8 Å². The fraction of sp³-hybridized carbons (Fsp3) is 0.267. The van der Waals surface area contributed by atoms with Gasteiger partial charge < -0.3 is 4.42 Å². The van der Waals surface area contributed by atoms with Gasteiger partial charge in [-0.05, 0) is 18.6 Å². The molecule has 2 aromatic heterocycles. The van der Waals surface area contributed by atoms with Crippen LogP contribution in [0.25, 0.3) is 21.7 Å². The number of para-hydroxylation sites is 1. The second-order valence-corrected chi connectivity index (χ2v) is 8.41. The maximum absolute atomic E-state index is 11.6. The molecule has 3 aromatic rings. The molecule has 0 bridgehead atoms. The molecule has 0 amide bonds. The average Bonchev–Trinajstić information content (AvgIpc) is 3.14. The number of sulfone groups is 1. The topological polar surface area (TPSA) is 60.2 Å². The van der Waals surface area contributed by atoms with Crippen molar-refractivity contribution in [3.05, 3.63) is 41.4 Å². The molecular weight excluding hydrogens is 306 g/mol. The molecule has 1 aliphatic heterocycles. The molecule has 6 heteroatoms. The Hall–Kier alpha value is -1.66. The standard InChI is InChI=1S/C15H13NO3S2/c17-21(18)6-5-11(9-21)12-8-20-15(16-12)14-7-10-3-1-2-4-13(10)19-14/h1-4,7-8,11H,5-6,9H2. The first-order chi connectivity index (χ1) is 10.1. The second kappa shape index (κ2) is 4.68. The molecule has 1 aromatic carbocycles. The van der Waals surface area contributed by atoms with E-state index in [9.17, 15) is 8.42 Å². The fourth-order valence-electron chi connectivity index (χ4n) is 2.70. The number of thiazole rings is 1. The van der Waals surface area contributed by atoms with Crippen molar-refractivity contribution in [2.75, 3.05) is 11.5 Å². The third-order valence-electron chi connectivity index (χ3n) is 3.81. The van der Waals surface area contributed by atoms with Crippen LogP contribution in [0.15, 0.2) is 40.1 Å². The Morgan fingerprint density at radius 2 is 2.14 bits per heavy atom. The number of rotatable bonds is 2. The van der Waals surface area contributed by atoms with Crippen molar-refractivity contribution in [2.45, 2.75) is 12.3 Å². The summed E-state index contributed by atoms with van der Waals surface area (Å²) in [5.74, 6) is 1.27. The van der Waals surface area contributed by atoms with Crippen LogP contribution in [-0.4, -0.2) is 24.9 Å². The lowest BCUT2D eigenvalue weighted by Gasteiger charge is -2.01. The number of benzene rings is 1. The second-order valence-electron chi connectivity index (χ2n) is 5.33. The predicted octanol–water partition coefficient (Wildman–Crippen LogP) is 3.46. The number of fused-ring (bicyclic) bond motifs is 1. The summed E-state index contributed by atoms with van der Waals surface area (Å²) in [5, 5.41) is 3.81. The van der Waals surface area contributed by atoms with E-state index in [1.807, 2.05) is 35.7 Å². The highest BCUT2D eigenvalue weighted by Crippen LogP contribution is 2.34. The van der Waals surface area contributed by atoms with E-state index in [4.69, 9.17) is 4.42 Å². The first kappa shape index (κ1) is 13.0. The number of hydrogen-bond acceptors (Lipinski definition) is 5. The van der Waals surface area contributed by atoms with E-state index in [1.165, 1.54) is 11.3 Å². The number of hydrogen-bond donors (Lipinski definition) is 0. The number of aromatic nitrogens is 1. The van der Waals surface area contributed by atoms with E-state index in [2.05, 4.69) is 4.98 Å². The van der Waals surface area contributed by atoms with Crippen molar-refractivity contribution in [3.8, 4) is 10.8 Å². The number of furan rings is 1. The Morgan fingerprint density at radius 1 is 1.29 bits per heavy atom. The number of nitrogens with zero attached hydrogens (tertiary/aromatic N) is 1. The molecular formula is C15H13NO3S2. The summed E-state index contributed by atoms with van der Waals surface area (Å²) in [4.78, 5) is 4.58. The highest BCUT2D eigenvalue weighted by atomic mass is 32.2. The summed E-state index contributed by atoms with van der Waals surface area (Å²) in [5.41, 5.74) is 1.71. The van der Waals surface area contributed by atoms with Crippen molar-refractivity contribution >= 4 is 32.1 Å². The van der Waals surface area contributed by atoms with Gasteiger partial charge in [-0.2, -0.15) is 0 Å².